The number of carbonyl (C=O) groups excluding carboxylic acids is 1. The molecule has 3 aromatic rings. The number of amides is 1. The van der Waals surface area contributed by atoms with Crippen molar-refractivity contribution in [1.82, 2.24) is 15.5 Å². The van der Waals surface area contributed by atoms with E-state index in [2.05, 4.69) is 15.5 Å². The molecule has 0 bridgehead atoms. The molecular formula is C19H20N4O2. The summed E-state index contributed by atoms with van der Waals surface area (Å²) in [7, 11) is 0. The maximum Gasteiger partial charge on any atom is 0.246 e. The molecule has 0 unspecified atom stereocenters. The Morgan fingerprint density at radius 1 is 1.20 bits per heavy atom. The van der Waals surface area contributed by atoms with Crippen LogP contribution in [0.2, 0.25) is 0 Å². The Morgan fingerprint density at radius 2 is 2.00 bits per heavy atom. The number of benzene rings is 2. The summed E-state index contributed by atoms with van der Waals surface area (Å²) in [5.74, 6) is 0.845. The zero-order valence-electron chi connectivity index (χ0n) is 13.9. The average Bonchev–Trinajstić information content (AvgIpc) is 3.08. The van der Waals surface area contributed by atoms with E-state index in [-0.39, 0.29) is 12.5 Å². The molecule has 1 saturated carbocycles. The zero-order valence-corrected chi connectivity index (χ0v) is 13.9. The number of carbonyl (C=O) groups is 1. The highest BCUT2D eigenvalue weighted by Gasteiger charge is 2.38. The van der Waals surface area contributed by atoms with E-state index in [9.17, 15) is 4.79 Å². The smallest absolute Gasteiger partial charge is 0.246 e. The number of fused-ring (bicyclic) bond motifs is 1. The standard InChI is InChI=1S/C19H20N4O2/c20-19(9-4-10-19)18-22-17(25-23-18)12-21-16(24)11-14-7-3-6-13-5-1-2-8-15(13)14/h1-3,5-8H,4,9-12,20H2,(H,21,24). The minimum atomic E-state index is -0.450. The van der Waals surface area contributed by atoms with Crippen molar-refractivity contribution in [3.8, 4) is 0 Å². The molecule has 0 atom stereocenters. The molecule has 4 rings (SSSR count). The van der Waals surface area contributed by atoms with Gasteiger partial charge in [-0.15, -0.1) is 0 Å². The van der Waals surface area contributed by atoms with Gasteiger partial charge in [0.25, 0.3) is 0 Å². The Bertz CT molecular complexity index is 909. The van der Waals surface area contributed by atoms with Crippen LogP contribution in [0.3, 0.4) is 0 Å². The van der Waals surface area contributed by atoms with Crippen molar-refractivity contribution in [3.63, 3.8) is 0 Å². The average molecular weight is 336 g/mol. The van der Waals surface area contributed by atoms with Gasteiger partial charge in [0.2, 0.25) is 11.8 Å². The summed E-state index contributed by atoms with van der Waals surface area (Å²) in [6.07, 6.45) is 3.14. The van der Waals surface area contributed by atoms with Crippen molar-refractivity contribution >= 4 is 16.7 Å². The van der Waals surface area contributed by atoms with Crippen LogP contribution < -0.4 is 11.1 Å². The molecular weight excluding hydrogens is 316 g/mol. The Balaban J connectivity index is 1.39. The minimum absolute atomic E-state index is 0.0813. The van der Waals surface area contributed by atoms with Crippen LogP contribution in [0.1, 0.15) is 36.5 Å². The van der Waals surface area contributed by atoms with Crippen LogP contribution in [0.4, 0.5) is 0 Å². The van der Waals surface area contributed by atoms with Gasteiger partial charge in [-0.05, 0) is 35.6 Å². The summed E-state index contributed by atoms with van der Waals surface area (Å²) < 4.78 is 5.20. The van der Waals surface area contributed by atoms with E-state index in [4.69, 9.17) is 10.3 Å². The molecule has 2 aromatic carbocycles. The second-order valence-electron chi connectivity index (χ2n) is 6.61. The molecule has 128 valence electrons. The Hall–Kier alpha value is -2.73. The van der Waals surface area contributed by atoms with Gasteiger partial charge < -0.3 is 15.6 Å². The normalized spacial score (nSPS) is 15.7. The van der Waals surface area contributed by atoms with E-state index in [1.54, 1.807) is 0 Å². The molecule has 1 aromatic heterocycles. The molecule has 0 spiro atoms. The first-order valence-electron chi connectivity index (χ1n) is 8.49. The zero-order chi connectivity index (χ0) is 17.3. The molecule has 6 heteroatoms. The summed E-state index contributed by atoms with van der Waals surface area (Å²) in [5.41, 5.74) is 6.72. The quantitative estimate of drug-likeness (QED) is 0.746. The van der Waals surface area contributed by atoms with Gasteiger partial charge >= 0.3 is 0 Å². The van der Waals surface area contributed by atoms with E-state index in [0.29, 0.717) is 18.1 Å². The van der Waals surface area contributed by atoms with E-state index in [1.165, 1.54) is 0 Å². The number of aromatic nitrogens is 2. The van der Waals surface area contributed by atoms with Gasteiger partial charge in [-0.1, -0.05) is 47.6 Å². The van der Waals surface area contributed by atoms with Crippen LogP contribution in [-0.2, 0) is 23.3 Å². The molecule has 1 heterocycles. The van der Waals surface area contributed by atoms with Crippen LogP contribution in [0.5, 0.6) is 0 Å². The monoisotopic (exact) mass is 336 g/mol. The van der Waals surface area contributed by atoms with Crippen LogP contribution in [0, 0.1) is 0 Å². The van der Waals surface area contributed by atoms with Crippen molar-refractivity contribution in [2.45, 2.75) is 37.8 Å². The molecule has 6 nitrogen and oxygen atoms in total. The van der Waals surface area contributed by atoms with Gasteiger partial charge in [-0.2, -0.15) is 4.98 Å². The van der Waals surface area contributed by atoms with Crippen LogP contribution in [-0.4, -0.2) is 16.0 Å². The molecule has 0 radical (unpaired) electrons. The largest absolute Gasteiger partial charge is 0.347 e. The lowest BCUT2D eigenvalue weighted by Gasteiger charge is -2.34. The predicted octanol–water partition coefficient (Wildman–Crippen LogP) is 2.42. The van der Waals surface area contributed by atoms with Crippen molar-refractivity contribution < 1.29 is 9.32 Å². The number of nitrogens with two attached hydrogens (primary N) is 1. The summed E-state index contributed by atoms with van der Waals surface area (Å²) in [6.45, 7) is 0.215. The van der Waals surface area contributed by atoms with Crippen molar-refractivity contribution in [1.29, 1.82) is 0 Å². The Labute approximate surface area is 145 Å². The van der Waals surface area contributed by atoms with Gasteiger partial charge in [0.1, 0.15) is 0 Å². The highest BCUT2D eigenvalue weighted by molar-refractivity contribution is 5.90. The molecule has 25 heavy (non-hydrogen) atoms. The minimum Gasteiger partial charge on any atom is -0.347 e. The third-order valence-corrected chi connectivity index (χ3v) is 4.83. The second-order valence-corrected chi connectivity index (χ2v) is 6.61. The molecule has 1 fully saturated rings. The van der Waals surface area contributed by atoms with Crippen LogP contribution in [0.25, 0.3) is 10.8 Å². The highest BCUT2D eigenvalue weighted by Crippen LogP contribution is 2.36. The summed E-state index contributed by atoms with van der Waals surface area (Å²) >= 11 is 0. The fourth-order valence-electron chi connectivity index (χ4n) is 3.17. The first-order valence-corrected chi connectivity index (χ1v) is 8.49. The van der Waals surface area contributed by atoms with E-state index < -0.39 is 5.54 Å². The maximum atomic E-state index is 12.3. The third kappa shape index (κ3) is 3.13. The van der Waals surface area contributed by atoms with Gasteiger partial charge in [0.05, 0.1) is 18.5 Å². The molecule has 1 aliphatic carbocycles. The lowest BCUT2D eigenvalue weighted by molar-refractivity contribution is -0.120. The first-order chi connectivity index (χ1) is 12.1. The lowest BCUT2D eigenvalue weighted by Crippen LogP contribution is -2.44. The predicted molar refractivity (Wildman–Crippen MR) is 93.5 cm³/mol. The van der Waals surface area contributed by atoms with E-state index >= 15 is 0 Å². The number of rotatable bonds is 5. The summed E-state index contributed by atoms with van der Waals surface area (Å²) in [4.78, 5) is 16.6. The molecule has 0 saturated heterocycles. The Kier molecular flexibility index (Phi) is 3.97. The van der Waals surface area contributed by atoms with Gasteiger partial charge in [0.15, 0.2) is 5.82 Å². The highest BCUT2D eigenvalue weighted by atomic mass is 16.5. The number of nitrogens with one attached hydrogen (secondary N) is 1. The van der Waals surface area contributed by atoms with Crippen molar-refractivity contribution in [2.75, 3.05) is 0 Å². The second kappa shape index (κ2) is 6.29. The molecule has 1 aliphatic rings. The maximum absolute atomic E-state index is 12.3. The van der Waals surface area contributed by atoms with Crippen molar-refractivity contribution in [2.24, 2.45) is 5.73 Å². The molecule has 1 amide bonds. The van der Waals surface area contributed by atoms with E-state index in [0.717, 1.165) is 35.6 Å². The van der Waals surface area contributed by atoms with Gasteiger partial charge in [0, 0.05) is 0 Å². The number of hydrogen-bond donors (Lipinski definition) is 2. The molecule has 3 N–H and O–H groups in total. The van der Waals surface area contributed by atoms with Gasteiger partial charge in [-0.3, -0.25) is 4.79 Å². The molecule has 0 aliphatic heterocycles. The van der Waals surface area contributed by atoms with Gasteiger partial charge in [-0.25, -0.2) is 0 Å². The SMILES string of the molecule is NC1(c2noc(CNC(=O)Cc3cccc4ccccc34)n2)CCC1. The Morgan fingerprint density at radius 3 is 2.80 bits per heavy atom. The summed E-state index contributed by atoms with van der Waals surface area (Å²) in [6, 6.07) is 14.0. The van der Waals surface area contributed by atoms with Crippen molar-refractivity contribution in [3.05, 3.63) is 59.7 Å². The van der Waals surface area contributed by atoms with E-state index in [1.807, 2.05) is 42.5 Å². The lowest BCUT2D eigenvalue weighted by atomic mass is 9.77. The third-order valence-electron chi connectivity index (χ3n) is 4.83. The number of nitrogens with zero attached hydrogens (tertiary/aromatic N) is 2. The van der Waals surface area contributed by atoms with Crippen LogP contribution >= 0.6 is 0 Å². The fourth-order valence-corrected chi connectivity index (χ4v) is 3.17. The summed E-state index contributed by atoms with van der Waals surface area (Å²) in [5, 5.41) is 9.01. The van der Waals surface area contributed by atoms with Crippen LogP contribution in [0.15, 0.2) is 47.0 Å². The fraction of sp³-hybridized carbons (Fsp3) is 0.316. The first kappa shape index (κ1) is 15.8. The topological polar surface area (TPSA) is 94.0 Å². The number of hydrogen-bond acceptors (Lipinski definition) is 5.